The molecule has 18 heavy (non-hydrogen) atoms. The molecule has 104 valence electrons. The van der Waals surface area contributed by atoms with Gasteiger partial charge in [-0.3, -0.25) is 4.90 Å². The molecule has 3 nitrogen and oxygen atoms in total. The lowest BCUT2D eigenvalue weighted by Crippen LogP contribution is -2.23. The summed E-state index contributed by atoms with van der Waals surface area (Å²) in [5.74, 6) is 2.13. The van der Waals surface area contributed by atoms with E-state index < -0.39 is 0 Å². The molecule has 0 aliphatic heterocycles. The topological polar surface area (TPSA) is 28.4 Å². The second-order valence-electron chi connectivity index (χ2n) is 5.20. The Balaban J connectivity index is 2.59. The van der Waals surface area contributed by atoms with Crippen LogP contribution in [0.15, 0.2) is 10.5 Å². The van der Waals surface area contributed by atoms with Gasteiger partial charge in [-0.25, -0.2) is 0 Å². The molecule has 0 spiro atoms. The fraction of sp³-hybridized carbons (Fsp3) is 0.733. The quantitative estimate of drug-likeness (QED) is 0.769. The minimum Gasteiger partial charge on any atom is -0.465 e. The van der Waals surface area contributed by atoms with Gasteiger partial charge in [0.2, 0.25) is 0 Å². The van der Waals surface area contributed by atoms with E-state index in [9.17, 15) is 0 Å². The van der Waals surface area contributed by atoms with E-state index in [1.807, 2.05) is 0 Å². The second-order valence-corrected chi connectivity index (χ2v) is 5.20. The maximum Gasteiger partial charge on any atom is 0.118 e. The summed E-state index contributed by atoms with van der Waals surface area (Å²) in [4.78, 5) is 2.41. The zero-order chi connectivity index (χ0) is 13.5. The third-order valence-corrected chi connectivity index (χ3v) is 3.14. The van der Waals surface area contributed by atoms with Crippen molar-refractivity contribution in [1.29, 1.82) is 0 Å². The molecule has 1 rings (SSSR count). The number of nitrogens with zero attached hydrogens (tertiary/aromatic N) is 1. The summed E-state index contributed by atoms with van der Waals surface area (Å²) in [5.41, 5.74) is 1.28. The van der Waals surface area contributed by atoms with Crippen molar-refractivity contribution in [2.45, 2.75) is 60.2 Å². The van der Waals surface area contributed by atoms with Crippen LogP contribution >= 0.6 is 0 Å². The zero-order valence-corrected chi connectivity index (χ0v) is 12.5. The number of aryl methyl sites for hydroxylation is 1. The standard InChI is InChI=1S/C15H28N2O/c1-6-8-17(7-2)11-15-9-14(13(5)18-15)10-16-12(3)4/h9,12,16H,6-8,10-11H2,1-5H3. The Bertz CT molecular complexity index is 344. The van der Waals surface area contributed by atoms with Crippen molar-refractivity contribution >= 4 is 0 Å². The Morgan fingerprint density at radius 1 is 1.33 bits per heavy atom. The smallest absolute Gasteiger partial charge is 0.118 e. The van der Waals surface area contributed by atoms with Crippen LogP contribution in [0.5, 0.6) is 0 Å². The Morgan fingerprint density at radius 2 is 2.06 bits per heavy atom. The Morgan fingerprint density at radius 3 is 2.61 bits per heavy atom. The van der Waals surface area contributed by atoms with Crippen molar-refractivity contribution in [2.75, 3.05) is 13.1 Å². The molecule has 0 saturated carbocycles. The molecule has 1 heterocycles. The van der Waals surface area contributed by atoms with Gasteiger partial charge in [-0.2, -0.15) is 0 Å². The molecule has 0 aliphatic carbocycles. The van der Waals surface area contributed by atoms with E-state index in [4.69, 9.17) is 4.42 Å². The molecule has 1 aromatic rings. The average molecular weight is 252 g/mol. The van der Waals surface area contributed by atoms with Crippen LogP contribution in [0.3, 0.4) is 0 Å². The molecular weight excluding hydrogens is 224 g/mol. The monoisotopic (exact) mass is 252 g/mol. The van der Waals surface area contributed by atoms with E-state index in [1.165, 1.54) is 12.0 Å². The molecule has 0 aliphatic rings. The first-order valence-electron chi connectivity index (χ1n) is 7.10. The van der Waals surface area contributed by atoms with Crippen LogP contribution in [0.25, 0.3) is 0 Å². The molecule has 0 saturated heterocycles. The molecule has 0 aromatic carbocycles. The van der Waals surface area contributed by atoms with E-state index in [1.54, 1.807) is 0 Å². The molecule has 0 atom stereocenters. The first-order chi connectivity index (χ1) is 8.56. The van der Waals surface area contributed by atoms with Crippen molar-refractivity contribution < 1.29 is 4.42 Å². The molecule has 1 aromatic heterocycles. The van der Waals surface area contributed by atoms with Crippen molar-refractivity contribution in [1.82, 2.24) is 10.2 Å². The molecule has 0 bridgehead atoms. The number of furan rings is 1. The Labute approximate surface area is 112 Å². The SMILES string of the molecule is CCCN(CC)Cc1cc(CNC(C)C)c(C)o1. The maximum atomic E-state index is 5.84. The molecule has 0 fully saturated rings. The van der Waals surface area contributed by atoms with Gasteiger partial charge >= 0.3 is 0 Å². The molecule has 3 heteroatoms. The maximum absolute atomic E-state index is 5.84. The van der Waals surface area contributed by atoms with Crippen LogP contribution in [0.2, 0.25) is 0 Å². The average Bonchev–Trinajstić information content (AvgIpc) is 2.66. The largest absolute Gasteiger partial charge is 0.465 e. The van der Waals surface area contributed by atoms with Gasteiger partial charge in [0.05, 0.1) is 6.54 Å². The van der Waals surface area contributed by atoms with Crippen LogP contribution in [-0.2, 0) is 13.1 Å². The predicted octanol–water partition coefficient (Wildman–Crippen LogP) is 3.32. The number of rotatable bonds is 8. The zero-order valence-electron chi connectivity index (χ0n) is 12.5. The van der Waals surface area contributed by atoms with Crippen LogP contribution in [-0.4, -0.2) is 24.0 Å². The highest BCUT2D eigenvalue weighted by atomic mass is 16.3. The molecular formula is C15H28N2O. The highest BCUT2D eigenvalue weighted by Gasteiger charge is 2.10. The summed E-state index contributed by atoms with van der Waals surface area (Å²) in [6.07, 6.45) is 1.19. The van der Waals surface area contributed by atoms with E-state index in [2.05, 4.69) is 50.9 Å². The summed E-state index contributed by atoms with van der Waals surface area (Å²) in [6, 6.07) is 2.71. The van der Waals surface area contributed by atoms with Gasteiger partial charge in [0, 0.05) is 18.2 Å². The predicted molar refractivity (Wildman–Crippen MR) is 76.7 cm³/mol. The Hall–Kier alpha value is -0.800. The fourth-order valence-electron chi connectivity index (χ4n) is 2.04. The normalized spacial score (nSPS) is 11.7. The van der Waals surface area contributed by atoms with Gasteiger partial charge in [0.15, 0.2) is 0 Å². The third kappa shape index (κ3) is 4.83. The van der Waals surface area contributed by atoms with Gasteiger partial charge in [-0.05, 0) is 32.5 Å². The van der Waals surface area contributed by atoms with Crippen LogP contribution < -0.4 is 5.32 Å². The number of hydrogen-bond donors (Lipinski definition) is 1. The lowest BCUT2D eigenvalue weighted by atomic mass is 10.2. The van der Waals surface area contributed by atoms with E-state index in [-0.39, 0.29) is 0 Å². The van der Waals surface area contributed by atoms with Crippen LogP contribution in [0, 0.1) is 6.92 Å². The first-order valence-corrected chi connectivity index (χ1v) is 7.10. The van der Waals surface area contributed by atoms with Crippen molar-refractivity contribution in [3.8, 4) is 0 Å². The van der Waals surface area contributed by atoms with Crippen molar-refractivity contribution in [3.05, 3.63) is 23.2 Å². The molecule has 0 radical (unpaired) electrons. The van der Waals surface area contributed by atoms with Crippen LogP contribution in [0.4, 0.5) is 0 Å². The van der Waals surface area contributed by atoms with Crippen LogP contribution in [0.1, 0.15) is 51.2 Å². The van der Waals surface area contributed by atoms with Gasteiger partial charge in [-0.15, -0.1) is 0 Å². The fourth-order valence-corrected chi connectivity index (χ4v) is 2.04. The van der Waals surface area contributed by atoms with Gasteiger partial charge in [0.1, 0.15) is 11.5 Å². The van der Waals surface area contributed by atoms with Crippen molar-refractivity contribution in [3.63, 3.8) is 0 Å². The summed E-state index contributed by atoms with van der Waals surface area (Å²) in [6.45, 7) is 14.8. The van der Waals surface area contributed by atoms with Crippen molar-refractivity contribution in [2.24, 2.45) is 0 Å². The van der Waals surface area contributed by atoms with E-state index >= 15 is 0 Å². The minimum atomic E-state index is 0.509. The highest BCUT2D eigenvalue weighted by Crippen LogP contribution is 2.16. The number of nitrogens with one attached hydrogen (secondary N) is 1. The highest BCUT2D eigenvalue weighted by molar-refractivity contribution is 5.20. The van der Waals surface area contributed by atoms with Gasteiger partial charge in [0.25, 0.3) is 0 Å². The second kappa shape index (κ2) is 7.59. The van der Waals surface area contributed by atoms with E-state index in [0.717, 1.165) is 37.7 Å². The first kappa shape index (κ1) is 15.3. The molecule has 0 unspecified atom stereocenters. The minimum absolute atomic E-state index is 0.509. The summed E-state index contributed by atoms with van der Waals surface area (Å²) >= 11 is 0. The molecule has 0 amide bonds. The molecule has 1 N–H and O–H groups in total. The number of hydrogen-bond acceptors (Lipinski definition) is 3. The summed E-state index contributed by atoms with van der Waals surface area (Å²) in [7, 11) is 0. The van der Waals surface area contributed by atoms with Gasteiger partial charge in [-0.1, -0.05) is 27.7 Å². The lowest BCUT2D eigenvalue weighted by Gasteiger charge is -2.17. The summed E-state index contributed by atoms with van der Waals surface area (Å²) < 4.78 is 5.84. The van der Waals surface area contributed by atoms with Gasteiger partial charge < -0.3 is 9.73 Å². The Kier molecular flexibility index (Phi) is 6.44. The lowest BCUT2D eigenvalue weighted by molar-refractivity contribution is 0.254. The van der Waals surface area contributed by atoms with E-state index in [0.29, 0.717) is 6.04 Å². The third-order valence-electron chi connectivity index (χ3n) is 3.14. The summed E-state index contributed by atoms with van der Waals surface area (Å²) in [5, 5.41) is 3.43.